The van der Waals surface area contributed by atoms with Gasteiger partial charge in [-0.3, -0.25) is 0 Å². The Bertz CT molecular complexity index is 531. The molecule has 0 bridgehead atoms. The highest BCUT2D eigenvalue weighted by Gasteiger charge is 2.27. The lowest BCUT2D eigenvalue weighted by molar-refractivity contribution is -0.137. The summed E-state index contributed by atoms with van der Waals surface area (Å²) in [4.78, 5) is 18.6. The predicted molar refractivity (Wildman–Crippen MR) is 69.5 cm³/mol. The van der Waals surface area contributed by atoms with Crippen molar-refractivity contribution in [3.8, 4) is 0 Å². The molecule has 0 aromatic heterocycles. The SMILES string of the molecule is O=C1ON=C(c2ccccc2)C1=CN1CCOCC1. The summed E-state index contributed by atoms with van der Waals surface area (Å²) < 4.78 is 5.29. The number of rotatable bonds is 2. The van der Waals surface area contributed by atoms with Gasteiger partial charge in [0.05, 0.1) is 13.2 Å². The van der Waals surface area contributed by atoms with Crippen LogP contribution in [0.15, 0.2) is 47.3 Å². The third-order valence-electron chi connectivity index (χ3n) is 3.10. The highest BCUT2D eigenvalue weighted by atomic mass is 16.7. The Morgan fingerprint density at radius 3 is 2.63 bits per heavy atom. The van der Waals surface area contributed by atoms with Gasteiger partial charge in [-0.15, -0.1) is 0 Å². The van der Waals surface area contributed by atoms with Crippen LogP contribution in [0.1, 0.15) is 5.56 Å². The van der Waals surface area contributed by atoms with Crippen molar-refractivity contribution in [2.45, 2.75) is 0 Å². The number of benzene rings is 1. The number of carbonyl (C=O) groups is 1. The summed E-state index contributed by atoms with van der Waals surface area (Å²) in [5.41, 5.74) is 1.98. The first-order valence-corrected chi connectivity index (χ1v) is 6.23. The van der Waals surface area contributed by atoms with E-state index in [2.05, 4.69) is 10.1 Å². The first kappa shape index (κ1) is 11.9. The molecule has 3 rings (SSSR count). The van der Waals surface area contributed by atoms with Crippen molar-refractivity contribution in [1.29, 1.82) is 0 Å². The molecule has 0 spiro atoms. The summed E-state index contributed by atoms with van der Waals surface area (Å²) in [6, 6.07) is 9.56. The Kier molecular flexibility index (Phi) is 3.29. The van der Waals surface area contributed by atoms with Crippen LogP contribution in [0, 0.1) is 0 Å². The number of hydrogen-bond acceptors (Lipinski definition) is 5. The molecule has 1 saturated heterocycles. The third-order valence-corrected chi connectivity index (χ3v) is 3.10. The van der Waals surface area contributed by atoms with E-state index in [0.717, 1.165) is 18.7 Å². The molecular formula is C14H14N2O3. The van der Waals surface area contributed by atoms with Gasteiger partial charge in [0.2, 0.25) is 0 Å². The van der Waals surface area contributed by atoms with Crippen LogP contribution in [-0.2, 0) is 14.4 Å². The molecule has 1 fully saturated rings. The van der Waals surface area contributed by atoms with Crippen molar-refractivity contribution in [3.05, 3.63) is 47.7 Å². The van der Waals surface area contributed by atoms with Gasteiger partial charge in [0.1, 0.15) is 11.3 Å². The molecule has 1 aromatic carbocycles. The summed E-state index contributed by atoms with van der Waals surface area (Å²) in [5.74, 6) is -0.398. The Balaban J connectivity index is 1.88. The minimum atomic E-state index is -0.398. The molecule has 5 heteroatoms. The molecule has 0 amide bonds. The largest absolute Gasteiger partial charge is 0.378 e. The molecule has 1 aromatic rings. The van der Waals surface area contributed by atoms with Gasteiger partial charge < -0.3 is 14.5 Å². The summed E-state index contributed by atoms with van der Waals surface area (Å²) in [6.45, 7) is 2.91. The standard InChI is InChI=1S/C14H14N2O3/c17-14-12(10-16-6-8-18-9-7-16)13(15-19-14)11-4-2-1-3-5-11/h1-5,10H,6-9H2. The molecule has 0 aliphatic carbocycles. The molecule has 0 saturated carbocycles. The van der Waals surface area contributed by atoms with Crippen LogP contribution in [0.3, 0.4) is 0 Å². The lowest BCUT2D eigenvalue weighted by atomic mass is 10.0. The van der Waals surface area contributed by atoms with Gasteiger partial charge in [0, 0.05) is 24.9 Å². The maximum Gasteiger partial charge on any atom is 0.369 e. The van der Waals surface area contributed by atoms with Gasteiger partial charge in [-0.05, 0) is 0 Å². The summed E-state index contributed by atoms with van der Waals surface area (Å²) in [6.07, 6.45) is 1.82. The van der Waals surface area contributed by atoms with Crippen LogP contribution in [0.5, 0.6) is 0 Å². The van der Waals surface area contributed by atoms with Crippen molar-refractivity contribution < 1.29 is 14.4 Å². The normalized spacial score (nSPS) is 21.5. The molecule has 2 heterocycles. The van der Waals surface area contributed by atoms with Gasteiger partial charge in [0.25, 0.3) is 0 Å². The first-order chi connectivity index (χ1) is 9.34. The van der Waals surface area contributed by atoms with Crippen LogP contribution in [-0.4, -0.2) is 42.9 Å². The second kappa shape index (κ2) is 5.24. The molecular weight excluding hydrogens is 244 g/mol. The fourth-order valence-corrected chi connectivity index (χ4v) is 2.09. The van der Waals surface area contributed by atoms with Crippen molar-refractivity contribution in [1.82, 2.24) is 4.90 Å². The molecule has 0 N–H and O–H groups in total. The number of hydrogen-bond donors (Lipinski definition) is 0. The Hall–Kier alpha value is -2.14. The number of oxime groups is 1. The summed E-state index contributed by atoms with van der Waals surface area (Å²) in [5, 5.41) is 3.87. The second-order valence-corrected chi connectivity index (χ2v) is 4.38. The zero-order valence-corrected chi connectivity index (χ0v) is 10.4. The molecule has 0 atom stereocenters. The van der Waals surface area contributed by atoms with E-state index in [-0.39, 0.29) is 0 Å². The van der Waals surface area contributed by atoms with Crippen molar-refractivity contribution >= 4 is 11.7 Å². The van der Waals surface area contributed by atoms with E-state index in [4.69, 9.17) is 9.57 Å². The minimum absolute atomic E-state index is 0.398. The van der Waals surface area contributed by atoms with Gasteiger partial charge in [-0.1, -0.05) is 35.5 Å². The van der Waals surface area contributed by atoms with E-state index in [9.17, 15) is 4.79 Å². The van der Waals surface area contributed by atoms with Crippen LogP contribution < -0.4 is 0 Å². The molecule has 5 nitrogen and oxygen atoms in total. The van der Waals surface area contributed by atoms with E-state index < -0.39 is 5.97 Å². The maximum absolute atomic E-state index is 11.8. The van der Waals surface area contributed by atoms with Gasteiger partial charge in [0.15, 0.2) is 0 Å². The van der Waals surface area contributed by atoms with Crippen LogP contribution in [0.2, 0.25) is 0 Å². The van der Waals surface area contributed by atoms with Crippen molar-refractivity contribution in [2.24, 2.45) is 5.16 Å². The predicted octanol–water partition coefficient (Wildman–Crippen LogP) is 1.16. The van der Waals surface area contributed by atoms with Crippen LogP contribution in [0.25, 0.3) is 0 Å². The van der Waals surface area contributed by atoms with Gasteiger partial charge in [-0.2, -0.15) is 0 Å². The molecule has 19 heavy (non-hydrogen) atoms. The van der Waals surface area contributed by atoms with Gasteiger partial charge >= 0.3 is 5.97 Å². The smallest absolute Gasteiger partial charge is 0.369 e. The van der Waals surface area contributed by atoms with Crippen molar-refractivity contribution in [2.75, 3.05) is 26.3 Å². The molecule has 0 unspecified atom stereocenters. The number of ether oxygens (including phenoxy) is 1. The monoisotopic (exact) mass is 258 g/mol. The number of carbonyl (C=O) groups excluding carboxylic acids is 1. The summed E-state index contributed by atoms with van der Waals surface area (Å²) >= 11 is 0. The van der Waals surface area contributed by atoms with Crippen LogP contribution >= 0.6 is 0 Å². The Labute approximate surface area is 111 Å². The van der Waals surface area contributed by atoms with E-state index in [1.165, 1.54) is 0 Å². The molecule has 2 aliphatic rings. The third kappa shape index (κ3) is 2.51. The number of nitrogens with zero attached hydrogens (tertiary/aromatic N) is 2. The van der Waals surface area contributed by atoms with E-state index in [0.29, 0.717) is 24.5 Å². The van der Waals surface area contributed by atoms with E-state index >= 15 is 0 Å². The van der Waals surface area contributed by atoms with Gasteiger partial charge in [-0.25, -0.2) is 4.79 Å². The fourth-order valence-electron chi connectivity index (χ4n) is 2.09. The highest BCUT2D eigenvalue weighted by molar-refractivity contribution is 6.28. The minimum Gasteiger partial charge on any atom is -0.378 e. The molecule has 2 aliphatic heterocycles. The fraction of sp³-hybridized carbons (Fsp3) is 0.286. The molecule has 98 valence electrons. The quantitative estimate of drug-likeness (QED) is 0.590. The van der Waals surface area contributed by atoms with Crippen LogP contribution in [0.4, 0.5) is 0 Å². The highest BCUT2D eigenvalue weighted by Crippen LogP contribution is 2.18. The Morgan fingerprint density at radius 1 is 1.16 bits per heavy atom. The molecule has 0 radical (unpaired) electrons. The maximum atomic E-state index is 11.8. The van der Waals surface area contributed by atoms with Crippen molar-refractivity contribution in [3.63, 3.8) is 0 Å². The summed E-state index contributed by atoms with van der Waals surface area (Å²) in [7, 11) is 0. The zero-order chi connectivity index (χ0) is 13.1. The zero-order valence-electron chi connectivity index (χ0n) is 10.4. The second-order valence-electron chi connectivity index (χ2n) is 4.38. The lowest BCUT2D eigenvalue weighted by Crippen LogP contribution is -2.33. The Morgan fingerprint density at radius 2 is 1.89 bits per heavy atom. The lowest BCUT2D eigenvalue weighted by Gasteiger charge is -2.25. The number of morpholine rings is 1. The van der Waals surface area contributed by atoms with E-state index in [1.807, 2.05) is 36.5 Å². The average Bonchev–Trinajstić information content (AvgIpc) is 2.82. The van der Waals surface area contributed by atoms with E-state index in [1.54, 1.807) is 0 Å². The topological polar surface area (TPSA) is 51.1 Å². The average molecular weight is 258 g/mol. The first-order valence-electron chi connectivity index (χ1n) is 6.23.